The summed E-state index contributed by atoms with van der Waals surface area (Å²) in [5, 5.41) is 3.49. The number of nitrogens with zero attached hydrogens (tertiary/aromatic N) is 1. The second-order valence-electron chi connectivity index (χ2n) is 6.02. The third-order valence-electron chi connectivity index (χ3n) is 4.63. The maximum absolute atomic E-state index is 12.5. The predicted molar refractivity (Wildman–Crippen MR) is 80.6 cm³/mol. The van der Waals surface area contributed by atoms with E-state index in [0.29, 0.717) is 17.9 Å². The van der Waals surface area contributed by atoms with E-state index in [4.69, 9.17) is 0 Å². The Labute approximate surface area is 121 Å². The van der Waals surface area contributed by atoms with Gasteiger partial charge in [0.1, 0.15) is 0 Å². The Morgan fingerprint density at radius 2 is 1.95 bits per heavy atom. The summed E-state index contributed by atoms with van der Waals surface area (Å²) in [6.45, 7) is 5.02. The molecule has 2 atom stereocenters. The van der Waals surface area contributed by atoms with Gasteiger partial charge in [-0.25, -0.2) is 0 Å². The molecule has 1 aromatic rings. The first-order valence-corrected chi connectivity index (χ1v) is 7.86. The minimum atomic E-state index is 0.244. The van der Waals surface area contributed by atoms with Crippen LogP contribution in [-0.2, 0) is 4.79 Å². The second-order valence-corrected chi connectivity index (χ2v) is 6.02. The fourth-order valence-corrected chi connectivity index (χ4v) is 3.36. The number of likely N-dealkylation sites (tertiary alicyclic amines) is 1. The van der Waals surface area contributed by atoms with E-state index < -0.39 is 0 Å². The maximum Gasteiger partial charge on any atom is 0.226 e. The van der Waals surface area contributed by atoms with Crippen LogP contribution in [0.3, 0.4) is 0 Å². The summed E-state index contributed by atoms with van der Waals surface area (Å²) in [7, 11) is 0. The molecular formula is C17H24N2O. The van der Waals surface area contributed by atoms with Crippen LogP contribution < -0.4 is 5.32 Å². The lowest BCUT2D eigenvalue weighted by Gasteiger charge is -2.32. The molecule has 0 spiro atoms. The summed E-state index contributed by atoms with van der Waals surface area (Å²) in [5.41, 5.74) is 1.33. The molecule has 3 rings (SSSR count). The summed E-state index contributed by atoms with van der Waals surface area (Å²) in [6.07, 6.45) is 3.24. The number of nitrogens with one attached hydrogen (secondary N) is 1. The van der Waals surface area contributed by atoms with Crippen LogP contribution in [0.4, 0.5) is 0 Å². The largest absolute Gasteiger partial charge is 0.342 e. The molecule has 3 heteroatoms. The number of hydrogen-bond donors (Lipinski definition) is 1. The number of rotatable bonds is 4. The smallest absolute Gasteiger partial charge is 0.226 e. The third kappa shape index (κ3) is 2.88. The van der Waals surface area contributed by atoms with E-state index in [1.54, 1.807) is 0 Å². The molecule has 0 aromatic heterocycles. The Kier molecular flexibility index (Phi) is 4.06. The average molecular weight is 272 g/mol. The molecule has 1 aliphatic heterocycles. The van der Waals surface area contributed by atoms with E-state index in [2.05, 4.69) is 41.4 Å². The standard InChI is InChI=1S/C17H24N2O/c1-2-18-14-8-10-19(11-9-14)17(20)16-12-15(16)13-6-4-3-5-7-13/h3-7,14-16,18H,2,8-12H2,1H3. The van der Waals surface area contributed by atoms with E-state index in [-0.39, 0.29) is 5.92 Å². The van der Waals surface area contributed by atoms with Crippen molar-refractivity contribution in [2.24, 2.45) is 5.92 Å². The van der Waals surface area contributed by atoms with Gasteiger partial charge in [0.05, 0.1) is 0 Å². The molecule has 2 fully saturated rings. The van der Waals surface area contributed by atoms with Crippen molar-refractivity contribution in [2.75, 3.05) is 19.6 Å². The van der Waals surface area contributed by atoms with Crippen molar-refractivity contribution < 1.29 is 4.79 Å². The fraction of sp³-hybridized carbons (Fsp3) is 0.588. The number of amides is 1. The molecule has 2 aliphatic rings. The molecule has 3 nitrogen and oxygen atoms in total. The Hall–Kier alpha value is -1.35. The second kappa shape index (κ2) is 5.96. The zero-order chi connectivity index (χ0) is 13.9. The molecule has 1 saturated carbocycles. The van der Waals surface area contributed by atoms with Crippen LogP contribution in [-0.4, -0.2) is 36.5 Å². The summed E-state index contributed by atoms with van der Waals surface area (Å²) in [5.74, 6) is 1.09. The molecule has 20 heavy (non-hydrogen) atoms. The van der Waals surface area contributed by atoms with Crippen molar-refractivity contribution in [1.82, 2.24) is 10.2 Å². The normalized spacial score (nSPS) is 26.6. The van der Waals surface area contributed by atoms with Crippen LogP contribution in [0.1, 0.15) is 37.7 Å². The number of hydrogen-bond acceptors (Lipinski definition) is 2. The van der Waals surface area contributed by atoms with Gasteiger partial charge in [-0.05, 0) is 37.3 Å². The Morgan fingerprint density at radius 3 is 2.60 bits per heavy atom. The van der Waals surface area contributed by atoms with Crippen LogP contribution in [0.25, 0.3) is 0 Å². The number of benzene rings is 1. The van der Waals surface area contributed by atoms with Crippen molar-refractivity contribution in [3.8, 4) is 0 Å². The van der Waals surface area contributed by atoms with Gasteiger partial charge in [0.15, 0.2) is 0 Å². The monoisotopic (exact) mass is 272 g/mol. The van der Waals surface area contributed by atoms with E-state index >= 15 is 0 Å². The predicted octanol–water partition coefficient (Wildman–Crippen LogP) is 2.39. The summed E-state index contributed by atoms with van der Waals surface area (Å²) < 4.78 is 0. The summed E-state index contributed by atoms with van der Waals surface area (Å²) in [6, 6.07) is 11.1. The molecule has 1 amide bonds. The molecule has 1 saturated heterocycles. The number of piperidine rings is 1. The highest BCUT2D eigenvalue weighted by molar-refractivity contribution is 5.83. The van der Waals surface area contributed by atoms with Gasteiger partial charge in [-0.2, -0.15) is 0 Å². The quantitative estimate of drug-likeness (QED) is 0.913. The van der Waals surface area contributed by atoms with Crippen molar-refractivity contribution in [3.63, 3.8) is 0 Å². The van der Waals surface area contributed by atoms with Gasteiger partial charge in [-0.1, -0.05) is 37.3 Å². The highest BCUT2D eigenvalue weighted by Crippen LogP contribution is 2.48. The van der Waals surface area contributed by atoms with Gasteiger partial charge >= 0.3 is 0 Å². The van der Waals surface area contributed by atoms with Crippen molar-refractivity contribution in [1.29, 1.82) is 0 Å². The Morgan fingerprint density at radius 1 is 1.25 bits per heavy atom. The highest BCUT2D eigenvalue weighted by atomic mass is 16.2. The summed E-state index contributed by atoms with van der Waals surface area (Å²) in [4.78, 5) is 14.6. The molecule has 0 bridgehead atoms. The topological polar surface area (TPSA) is 32.3 Å². The lowest BCUT2D eigenvalue weighted by molar-refractivity contribution is -0.133. The Balaban J connectivity index is 1.52. The summed E-state index contributed by atoms with van der Waals surface area (Å²) >= 11 is 0. The molecule has 0 radical (unpaired) electrons. The molecule has 1 aliphatic carbocycles. The number of carbonyl (C=O) groups excluding carboxylic acids is 1. The van der Waals surface area contributed by atoms with Crippen molar-refractivity contribution in [3.05, 3.63) is 35.9 Å². The lowest BCUT2D eigenvalue weighted by Crippen LogP contribution is -2.45. The van der Waals surface area contributed by atoms with E-state index in [1.807, 2.05) is 6.07 Å². The molecule has 108 valence electrons. The van der Waals surface area contributed by atoms with Gasteiger partial charge in [-0.15, -0.1) is 0 Å². The van der Waals surface area contributed by atoms with Gasteiger partial charge in [0.25, 0.3) is 0 Å². The molecule has 1 N–H and O–H groups in total. The first-order valence-electron chi connectivity index (χ1n) is 7.86. The minimum Gasteiger partial charge on any atom is -0.342 e. The third-order valence-corrected chi connectivity index (χ3v) is 4.63. The van der Waals surface area contributed by atoms with Gasteiger partial charge in [-0.3, -0.25) is 4.79 Å². The van der Waals surface area contributed by atoms with Crippen LogP contribution in [0, 0.1) is 5.92 Å². The zero-order valence-corrected chi connectivity index (χ0v) is 12.2. The van der Waals surface area contributed by atoms with Crippen LogP contribution in [0.15, 0.2) is 30.3 Å². The SMILES string of the molecule is CCNC1CCN(C(=O)C2CC2c2ccccc2)CC1. The van der Waals surface area contributed by atoms with Crippen LogP contribution in [0.5, 0.6) is 0 Å². The van der Waals surface area contributed by atoms with E-state index in [9.17, 15) is 4.79 Å². The van der Waals surface area contributed by atoms with Gasteiger partial charge < -0.3 is 10.2 Å². The van der Waals surface area contributed by atoms with Crippen molar-refractivity contribution in [2.45, 2.75) is 38.1 Å². The maximum atomic E-state index is 12.5. The zero-order valence-electron chi connectivity index (χ0n) is 12.2. The molecule has 2 unspecified atom stereocenters. The van der Waals surface area contributed by atoms with E-state index in [0.717, 1.165) is 38.9 Å². The average Bonchev–Trinajstić information content (AvgIpc) is 3.29. The molecule has 1 heterocycles. The molecular weight excluding hydrogens is 248 g/mol. The van der Waals surface area contributed by atoms with Gasteiger partial charge in [0, 0.05) is 25.0 Å². The minimum absolute atomic E-state index is 0.244. The first kappa shape index (κ1) is 13.6. The van der Waals surface area contributed by atoms with Crippen LogP contribution >= 0.6 is 0 Å². The molecule has 1 aromatic carbocycles. The Bertz CT molecular complexity index is 451. The van der Waals surface area contributed by atoms with Crippen LogP contribution in [0.2, 0.25) is 0 Å². The first-order chi connectivity index (χ1) is 9.79. The van der Waals surface area contributed by atoms with Crippen molar-refractivity contribution >= 4 is 5.91 Å². The lowest BCUT2D eigenvalue weighted by atomic mass is 10.0. The highest BCUT2D eigenvalue weighted by Gasteiger charge is 2.45. The number of carbonyl (C=O) groups is 1. The fourth-order valence-electron chi connectivity index (χ4n) is 3.36. The van der Waals surface area contributed by atoms with E-state index in [1.165, 1.54) is 5.56 Å². The van der Waals surface area contributed by atoms with Gasteiger partial charge in [0.2, 0.25) is 5.91 Å².